The highest BCUT2D eigenvalue weighted by atomic mass is 79.9. The van der Waals surface area contributed by atoms with Gasteiger partial charge < -0.3 is 20.8 Å². The van der Waals surface area contributed by atoms with Gasteiger partial charge in [-0.05, 0) is 56.1 Å². The summed E-state index contributed by atoms with van der Waals surface area (Å²) in [7, 11) is 0. The normalized spacial score (nSPS) is 10.3. The number of nitrogens with one attached hydrogen (secondary N) is 2. The monoisotopic (exact) mass is 640 g/mol. The standard InChI is InChI=1S/C16H8Br4N2O6/c17-5-1-7(15(25)26)11(9(19)3-5)21-13(23)14(24)22-12-8(16(27)28)2-6(18)4-10(12)20/h1-4H,(H,21,23)(H,22,24)(H,25,26)(H,27,28). The number of rotatable bonds is 4. The molecule has 0 unspecified atom stereocenters. The molecule has 0 aliphatic heterocycles. The van der Waals surface area contributed by atoms with Crippen molar-refractivity contribution in [1.29, 1.82) is 0 Å². The van der Waals surface area contributed by atoms with Crippen LogP contribution in [0.1, 0.15) is 20.7 Å². The van der Waals surface area contributed by atoms with Crippen LogP contribution in [-0.4, -0.2) is 34.0 Å². The van der Waals surface area contributed by atoms with Crippen LogP contribution in [0.25, 0.3) is 0 Å². The lowest BCUT2D eigenvalue weighted by Crippen LogP contribution is -2.30. The van der Waals surface area contributed by atoms with Crippen LogP contribution in [0.2, 0.25) is 0 Å². The van der Waals surface area contributed by atoms with E-state index >= 15 is 0 Å². The minimum atomic E-state index is -1.32. The number of carbonyl (C=O) groups excluding carboxylic acids is 2. The average molecular weight is 644 g/mol. The first-order valence-corrected chi connectivity index (χ1v) is 10.3. The Bertz CT molecular complexity index is 943. The van der Waals surface area contributed by atoms with Gasteiger partial charge in [-0.25, -0.2) is 9.59 Å². The molecule has 4 N–H and O–H groups in total. The van der Waals surface area contributed by atoms with Crippen molar-refractivity contribution in [3.05, 3.63) is 53.3 Å². The smallest absolute Gasteiger partial charge is 0.337 e. The third-order valence-corrected chi connectivity index (χ3v) is 5.42. The van der Waals surface area contributed by atoms with Crippen LogP contribution in [-0.2, 0) is 9.59 Å². The predicted octanol–water partition coefficient (Wildman–Crippen LogP) is 4.71. The highest BCUT2D eigenvalue weighted by molar-refractivity contribution is 9.11. The van der Waals surface area contributed by atoms with Crippen molar-refractivity contribution in [2.24, 2.45) is 0 Å². The van der Waals surface area contributed by atoms with E-state index in [0.29, 0.717) is 8.95 Å². The maximum Gasteiger partial charge on any atom is 0.337 e. The van der Waals surface area contributed by atoms with Crippen molar-refractivity contribution in [1.82, 2.24) is 0 Å². The fourth-order valence-corrected chi connectivity index (χ4v) is 4.73. The molecule has 146 valence electrons. The number of carbonyl (C=O) groups is 4. The molecule has 2 aromatic carbocycles. The zero-order valence-electron chi connectivity index (χ0n) is 13.3. The summed E-state index contributed by atoms with van der Waals surface area (Å²) in [6.45, 7) is 0. The van der Waals surface area contributed by atoms with Crippen LogP contribution < -0.4 is 10.6 Å². The van der Waals surface area contributed by atoms with Gasteiger partial charge in [0.1, 0.15) is 0 Å². The van der Waals surface area contributed by atoms with Gasteiger partial charge in [-0.15, -0.1) is 0 Å². The second-order valence-electron chi connectivity index (χ2n) is 5.14. The van der Waals surface area contributed by atoms with Crippen LogP contribution in [0, 0.1) is 0 Å². The topological polar surface area (TPSA) is 133 Å². The van der Waals surface area contributed by atoms with Gasteiger partial charge >= 0.3 is 23.8 Å². The van der Waals surface area contributed by atoms with Crippen molar-refractivity contribution in [2.45, 2.75) is 0 Å². The first-order valence-electron chi connectivity index (χ1n) is 7.08. The zero-order chi connectivity index (χ0) is 21.2. The molecule has 2 amide bonds. The Morgan fingerprint density at radius 1 is 0.643 bits per heavy atom. The van der Waals surface area contributed by atoms with Crippen molar-refractivity contribution < 1.29 is 29.4 Å². The van der Waals surface area contributed by atoms with E-state index in [1.807, 2.05) is 0 Å². The van der Waals surface area contributed by atoms with Crippen LogP contribution in [0.4, 0.5) is 11.4 Å². The Balaban J connectivity index is 2.33. The Morgan fingerprint density at radius 2 is 0.964 bits per heavy atom. The van der Waals surface area contributed by atoms with Crippen molar-refractivity contribution >= 4 is 98.8 Å². The predicted molar refractivity (Wildman–Crippen MR) is 115 cm³/mol. The Labute approximate surface area is 191 Å². The molecule has 0 saturated heterocycles. The maximum atomic E-state index is 12.3. The average Bonchev–Trinajstić information content (AvgIpc) is 2.58. The van der Waals surface area contributed by atoms with Gasteiger partial charge in [0.25, 0.3) is 0 Å². The Hall–Kier alpha value is -1.76. The number of hydrogen-bond donors (Lipinski definition) is 4. The molecular formula is C16H8Br4N2O6. The molecule has 8 nitrogen and oxygen atoms in total. The van der Waals surface area contributed by atoms with Crippen molar-refractivity contribution in [3.63, 3.8) is 0 Å². The number of carboxylic acids is 2. The molecule has 0 bridgehead atoms. The fourth-order valence-electron chi connectivity index (χ4n) is 2.08. The van der Waals surface area contributed by atoms with Crippen LogP contribution in [0.3, 0.4) is 0 Å². The first-order chi connectivity index (χ1) is 13.0. The molecule has 0 aliphatic rings. The number of hydrogen-bond acceptors (Lipinski definition) is 4. The second-order valence-corrected chi connectivity index (χ2v) is 8.68. The molecule has 0 aromatic heterocycles. The SMILES string of the molecule is O=C(Nc1c(Br)cc(Br)cc1C(=O)O)C(=O)Nc1c(Br)cc(Br)cc1C(=O)O. The fraction of sp³-hybridized carbons (Fsp3) is 0. The summed E-state index contributed by atoms with van der Waals surface area (Å²) in [6, 6.07) is 5.50. The van der Waals surface area contributed by atoms with Gasteiger partial charge in [0, 0.05) is 17.9 Å². The number of halogens is 4. The van der Waals surface area contributed by atoms with Gasteiger partial charge in [0.15, 0.2) is 0 Å². The lowest BCUT2D eigenvalue weighted by molar-refractivity contribution is -0.133. The number of amides is 2. The Morgan fingerprint density at radius 3 is 1.25 bits per heavy atom. The molecular weight excluding hydrogens is 636 g/mol. The van der Waals surface area contributed by atoms with Crippen molar-refractivity contribution in [3.8, 4) is 0 Å². The van der Waals surface area contributed by atoms with E-state index < -0.39 is 23.8 Å². The maximum absolute atomic E-state index is 12.3. The molecule has 12 heteroatoms. The van der Waals surface area contributed by atoms with Crippen LogP contribution in [0.5, 0.6) is 0 Å². The van der Waals surface area contributed by atoms with Crippen molar-refractivity contribution in [2.75, 3.05) is 10.6 Å². The summed E-state index contributed by atoms with van der Waals surface area (Å²) in [6.07, 6.45) is 0. The lowest BCUT2D eigenvalue weighted by atomic mass is 10.1. The van der Waals surface area contributed by atoms with E-state index in [-0.39, 0.29) is 31.4 Å². The van der Waals surface area contributed by atoms with E-state index in [4.69, 9.17) is 0 Å². The van der Waals surface area contributed by atoms with Gasteiger partial charge in [0.2, 0.25) is 0 Å². The summed E-state index contributed by atoms with van der Waals surface area (Å²) in [5.41, 5.74) is -0.745. The summed E-state index contributed by atoms with van der Waals surface area (Å²) in [5, 5.41) is 23.0. The number of aromatic carboxylic acids is 2. The summed E-state index contributed by atoms with van der Waals surface area (Å²) in [5.74, 6) is -5.00. The summed E-state index contributed by atoms with van der Waals surface area (Å²) in [4.78, 5) is 47.3. The lowest BCUT2D eigenvalue weighted by Gasteiger charge is -2.13. The molecule has 2 rings (SSSR count). The number of anilines is 2. The molecule has 0 atom stereocenters. The molecule has 0 saturated carbocycles. The minimum Gasteiger partial charge on any atom is -0.478 e. The third-order valence-electron chi connectivity index (χ3n) is 3.25. The van der Waals surface area contributed by atoms with Gasteiger partial charge in [-0.3, -0.25) is 9.59 Å². The van der Waals surface area contributed by atoms with Crippen LogP contribution in [0.15, 0.2) is 42.2 Å². The summed E-state index contributed by atoms with van der Waals surface area (Å²) >= 11 is 12.5. The van der Waals surface area contributed by atoms with Gasteiger partial charge in [-0.1, -0.05) is 31.9 Å². The zero-order valence-corrected chi connectivity index (χ0v) is 19.7. The first kappa shape index (κ1) is 22.5. The molecule has 0 aliphatic carbocycles. The van der Waals surface area contributed by atoms with E-state index in [2.05, 4.69) is 74.4 Å². The van der Waals surface area contributed by atoms with E-state index in [1.54, 1.807) is 0 Å². The van der Waals surface area contributed by atoms with Gasteiger partial charge in [0.05, 0.1) is 22.5 Å². The highest BCUT2D eigenvalue weighted by Crippen LogP contribution is 2.32. The number of benzene rings is 2. The van der Waals surface area contributed by atoms with Crippen LogP contribution >= 0.6 is 63.7 Å². The highest BCUT2D eigenvalue weighted by Gasteiger charge is 2.23. The van der Waals surface area contributed by atoms with E-state index in [1.165, 1.54) is 24.3 Å². The molecule has 2 aromatic rings. The molecule has 0 fully saturated rings. The quantitative estimate of drug-likeness (QED) is 0.357. The molecule has 28 heavy (non-hydrogen) atoms. The second kappa shape index (κ2) is 9.16. The minimum absolute atomic E-state index is 0.121. The largest absolute Gasteiger partial charge is 0.478 e. The number of carboxylic acid groups (broad SMARTS) is 2. The molecule has 0 radical (unpaired) electrons. The third kappa shape index (κ3) is 5.19. The van der Waals surface area contributed by atoms with Gasteiger partial charge in [-0.2, -0.15) is 0 Å². The summed E-state index contributed by atoms with van der Waals surface area (Å²) < 4.78 is 1.36. The molecule has 0 spiro atoms. The van der Waals surface area contributed by atoms with E-state index in [9.17, 15) is 29.4 Å². The molecule has 0 heterocycles. The van der Waals surface area contributed by atoms with E-state index in [0.717, 1.165) is 0 Å². The Kier molecular flexibility index (Phi) is 7.37.